The zero-order valence-electron chi connectivity index (χ0n) is 12.5. The first kappa shape index (κ1) is 16.6. The number of aliphatic carboxylic acids is 1. The number of rotatable bonds is 1. The molecule has 2 aliphatic rings. The van der Waals surface area contributed by atoms with Crippen LogP contribution in [-0.4, -0.2) is 59.1 Å². The Hall–Kier alpha value is -1.49. The minimum absolute atomic E-state index is 0.0103. The van der Waals surface area contributed by atoms with Crippen LogP contribution < -0.4 is 0 Å². The summed E-state index contributed by atoms with van der Waals surface area (Å²) >= 11 is 0. The number of carboxylic acids is 1. The van der Waals surface area contributed by atoms with E-state index in [1.54, 1.807) is 11.9 Å². The van der Waals surface area contributed by atoms with Crippen molar-refractivity contribution in [1.82, 2.24) is 9.80 Å². The van der Waals surface area contributed by atoms with Crippen LogP contribution in [-0.2, 0) is 4.79 Å². The van der Waals surface area contributed by atoms with Gasteiger partial charge in [0.1, 0.15) is 6.04 Å². The van der Waals surface area contributed by atoms with E-state index in [0.717, 1.165) is 6.42 Å². The highest BCUT2D eigenvalue weighted by Crippen LogP contribution is 2.21. The monoisotopic (exact) mass is 276 g/mol. The van der Waals surface area contributed by atoms with Crippen LogP contribution in [0.3, 0.4) is 0 Å². The number of carboxylic acid groups (broad SMARTS) is 1. The lowest BCUT2D eigenvalue weighted by molar-refractivity contribution is -0.141. The van der Waals surface area contributed by atoms with Gasteiger partial charge in [-0.25, -0.2) is 0 Å². The smallest absolute Gasteiger partial charge is 0.320 e. The number of likely N-dealkylation sites (N-methyl/N-ethyl adjacent to an activating group) is 1. The molecule has 110 valence electrons. The average molecular weight is 276 g/mol. The fourth-order valence-corrected chi connectivity index (χ4v) is 2.75. The third kappa shape index (κ3) is 3.76. The predicted octanol–water partition coefficient (Wildman–Crippen LogP) is 1.27. The Balaban J connectivity index is 0.000000204. The molecule has 0 spiro atoms. The van der Waals surface area contributed by atoms with Crippen LogP contribution in [0.15, 0.2) is 0 Å². The Morgan fingerprint density at radius 1 is 1.05 bits per heavy atom. The van der Waals surface area contributed by atoms with Crippen molar-refractivity contribution in [3.63, 3.8) is 0 Å². The molecule has 0 aromatic heterocycles. The Morgan fingerprint density at radius 2 is 1.55 bits per heavy atom. The van der Waals surface area contributed by atoms with Gasteiger partial charge >= 0.3 is 5.97 Å². The highest BCUT2D eigenvalue weighted by Gasteiger charge is 2.33. The van der Waals surface area contributed by atoms with E-state index in [9.17, 15) is 4.79 Å². The molecular formula is C16H24N2O2. The number of likely N-dealkylation sites (tertiary alicyclic amines) is 2. The summed E-state index contributed by atoms with van der Waals surface area (Å²) in [7, 11) is 3.86. The Morgan fingerprint density at radius 3 is 1.80 bits per heavy atom. The summed E-state index contributed by atoms with van der Waals surface area (Å²) in [4.78, 5) is 14.6. The van der Waals surface area contributed by atoms with Gasteiger partial charge in [0.05, 0.1) is 12.1 Å². The number of hydrogen-bond acceptors (Lipinski definition) is 3. The van der Waals surface area contributed by atoms with Gasteiger partial charge in [0.25, 0.3) is 0 Å². The van der Waals surface area contributed by atoms with Crippen LogP contribution >= 0.6 is 0 Å². The summed E-state index contributed by atoms with van der Waals surface area (Å²) in [5, 5.41) is 8.69. The highest BCUT2D eigenvalue weighted by molar-refractivity contribution is 5.74. The van der Waals surface area contributed by atoms with E-state index in [2.05, 4.69) is 30.7 Å². The van der Waals surface area contributed by atoms with Crippen molar-refractivity contribution < 1.29 is 9.90 Å². The molecule has 0 bridgehead atoms. The fraction of sp³-hybridized carbons (Fsp3) is 0.688. The molecular weight excluding hydrogens is 252 g/mol. The van der Waals surface area contributed by atoms with Crippen molar-refractivity contribution in [1.29, 1.82) is 0 Å². The lowest BCUT2D eigenvalue weighted by Crippen LogP contribution is -2.36. The minimum Gasteiger partial charge on any atom is -0.480 e. The van der Waals surface area contributed by atoms with Gasteiger partial charge in [-0.15, -0.1) is 12.8 Å². The largest absolute Gasteiger partial charge is 0.480 e. The second kappa shape index (κ2) is 7.33. The van der Waals surface area contributed by atoms with Crippen LogP contribution in [0.2, 0.25) is 0 Å². The maximum atomic E-state index is 10.6. The molecule has 2 rings (SSSR count). The molecule has 2 fully saturated rings. The van der Waals surface area contributed by atoms with E-state index >= 15 is 0 Å². The molecule has 4 heteroatoms. The van der Waals surface area contributed by atoms with Gasteiger partial charge in [0.2, 0.25) is 0 Å². The Bertz CT molecular complexity index is 421. The predicted molar refractivity (Wildman–Crippen MR) is 80.1 cm³/mol. The molecule has 1 N–H and O–H groups in total. The molecule has 0 aromatic carbocycles. The SMILES string of the molecule is C#C[C@H]1CC[C@@H](C(=O)O)N1C.C#C[C@H]1CC[C@@H](C)N1C. The van der Waals surface area contributed by atoms with Crippen molar-refractivity contribution in [2.45, 2.75) is 56.8 Å². The molecule has 20 heavy (non-hydrogen) atoms. The zero-order chi connectivity index (χ0) is 15.3. The summed E-state index contributed by atoms with van der Waals surface area (Å²) in [6, 6.07) is 0.721. The van der Waals surface area contributed by atoms with Crippen molar-refractivity contribution in [2.24, 2.45) is 0 Å². The average Bonchev–Trinajstić information content (AvgIpc) is 2.94. The van der Waals surface area contributed by atoms with Gasteiger partial charge in [0, 0.05) is 6.04 Å². The van der Waals surface area contributed by atoms with Gasteiger partial charge in [-0.05, 0) is 46.7 Å². The molecule has 0 unspecified atom stereocenters. The zero-order valence-corrected chi connectivity index (χ0v) is 12.5. The summed E-state index contributed by atoms with van der Waals surface area (Å²) < 4.78 is 0. The number of nitrogens with zero attached hydrogens (tertiary/aromatic N) is 2. The van der Waals surface area contributed by atoms with Crippen LogP contribution in [0.5, 0.6) is 0 Å². The second-order valence-corrected chi connectivity index (χ2v) is 5.55. The maximum Gasteiger partial charge on any atom is 0.320 e. The second-order valence-electron chi connectivity index (χ2n) is 5.55. The molecule has 2 aliphatic heterocycles. The number of terminal acetylenes is 2. The van der Waals surface area contributed by atoms with Crippen LogP contribution in [0, 0.1) is 24.7 Å². The van der Waals surface area contributed by atoms with Crippen LogP contribution in [0.1, 0.15) is 32.6 Å². The standard InChI is InChI=1S/C8H11NO2.C8H13N/c1-3-6-4-5-7(8(10)11)9(6)2;1-4-8-6-5-7(2)9(8)3/h1,6-7H,4-5H2,2H3,(H,10,11);1,7-8H,5-6H2,2-3H3/t6-,7-;7-,8+/m01/s1. The summed E-state index contributed by atoms with van der Waals surface area (Å²) in [5.74, 6) is 4.56. The molecule has 0 aliphatic carbocycles. The fourth-order valence-electron chi connectivity index (χ4n) is 2.75. The van der Waals surface area contributed by atoms with Crippen LogP contribution in [0.4, 0.5) is 0 Å². The Kier molecular flexibility index (Phi) is 6.07. The first-order valence-electron chi connectivity index (χ1n) is 7.01. The van der Waals surface area contributed by atoms with Crippen molar-refractivity contribution in [2.75, 3.05) is 14.1 Å². The van der Waals surface area contributed by atoms with E-state index in [1.807, 2.05) is 0 Å². The van der Waals surface area contributed by atoms with E-state index in [-0.39, 0.29) is 12.1 Å². The first-order chi connectivity index (χ1) is 9.42. The van der Waals surface area contributed by atoms with Gasteiger partial charge in [-0.1, -0.05) is 11.8 Å². The van der Waals surface area contributed by atoms with E-state index in [1.165, 1.54) is 12.8 Å². The maximum absolute atomic E-state index is 10.6. The molecule has 4 nitrogen and oxygen atoms in total. The molecule has 0 radical (unpaired) electrons. The Labute approximate surface area is 122 Å². The number of carbonyl (C=O) groups is 1. The van der Waals surface area contributed by atoms with E-state index < -0.39 is 5.97 Å². The van der Waals surface area contributed by atoms with Crippen molar-refractivity contribution in [3.05, 3.63) is 0 Å². The summed E-state index contributed by atoms with van der Waals surface area (Å²) in [6.45, 7) is 2.22. The number of hydrogen-bond donors (Lipinski definition) is 1. The van der Waals surface area contributed by atoms with Gasteiger partial charge < -0.3 is 5.11 Å². The minimum atomic E-state index is -0.773. The van der Waals surface area contributed by atoms with Crippen LogP contribution in [0.25, 0.3) is 0 Å². The third-order valence-corrected chi connectivity index (χ3v) is 4.41. The van der Waals surface area contributed by atoms with E-state index in [0.29, 0.717) is 18.5 Å². The molecule has 0 amide bonds. The molecule has 2 saturated heterocycles. The van der Waals surface area contributed by atoms with Crippen molar-refractivity contribution in [3.8, 4) is 24.7 Å². The lowest BCUT2D eigenvalue weighted by atomic mass is 10.2. The molecule has 0 saturated carbocycles. The van der Waals surface area contributed by atoms with Crippen molar-refractivity contribution >= 4 is 5.97 Å². The molecule has 0 aromatic rings. The highest BCUT2D eigenvalue weighted by atomic mass is 16.4. The third-order valence-electron chi connectivity index (χ3n) is 4.41. The molecule has 2 heterocycles. The first-order valence-corrected chi connectivity index (χ1v) is 7.01. The van der Waals surface area contributed by atoms with Gasteiger partial charge in [0.15, 0.2) is 0 Å². The topological polar surface area (TPSA) is 43.8 Å². The molecule has 4 atom stereocenters. The van der Waals surface area contributed by atoms with Gasteiger partial charge in [-0.3, -0.25) is 14.6 Å². The lowest BCUT2D eigenvalue weighted by Gasteiger charge is -2.18. The quantitative estimate of drug-likeness (QED) is 0.733. The van der Waals surface area contributed by atoms with E-state index in [4.69, 9.17) is 18.0 Å². The van der Waals surface area contributed by atoms with Gasteiger partial charge in [-0.2, -0.15) is 0 Å². The summed E-state index contributed by atoms with van der Waals surface area (Å²) in [5.41, 5.74) is 0. The summed E-state index contributed by atoms with van der Waals surface area (Å²) in [6.07, 6.45) is 14.4. The normalized spacial score (nSPS) is 33.9.